The minimum atomic E-state index is 0.265. The van der Waals surface area contributed by atoms with E-state index in [9.17, 15) is 0 Å². The van der Waals surface area contributed by atoms with Gasteiger partial charge in [0, 0.05) is 17.7 Å². The number of rotatable bonds is 6. The Morgan fingerprint density at radius 3 is 2.89 bits per heavy atom. The highest BCUT2D eigenvalue weighted by Gasteiger charge is 2.10. The van der Waals surface area contributed by atoms with E-state index in [4.69, 9.17) is 9.26 Å². The van der Waals surface area contributed by atoms with Crippen molar-refractivity contribution >= 4 is 0 Å². The molecule has 0 saturated carbocycles. The summed E-state index contributed by atoms with van der Waals surface area (Å²) in [5.74, 6) is 1.60. The van der Waals surface area contributed by atoms with Crippen LogP contribution < -0.4 is 10.1 Å². The van der Waals surface area contributed by atoms with Crippen LogP contribution in [0, 0.1) is 0 Å². The standard InChI is InChI=1S/C14H18N2O2/c1-3-15-11(2)13-6-4-5-7-14(13)17-10-12-8-9-16-18-12/h4-9,11,15H,3,10H2,1-2H3. The highest BCUT2D eigenvalue weighted by atomic mass is 16.5. The maximum Gasteiger partial charge on any atom is 0.174 e. The fraction of sp³-hybridized carbons (Fsp3) is 0.357. The quantitative estimate of drug-likeness (QED) is 0.851. The van der Waals surface area contributed by atoms with Crippen molar-refractivity contribution in [2.24, 2.45) is 0 Å². The average Bonchev–Trinajstić information content (AvgIpc) is 2.90. The van der Waals surface area contributed by atoms with E-state index < -0.39 is 0 Å². The van der Waals surface area contributed by atoms with Crippen LogP contribution in [0.2, 0.25) is 0 Å². The topological polar surface area (TPSA) is 47.3 Å². The number of aromatic nitrogens is 1. The second kappa shape index (κ2) is 6.21. The minimum absolute atomic E-state index is 0.265. The van der Waals surface area contributed by atoms with Crippen LogP contribution in [0.5, 0.6) is 5.75 Å². The van der Waals surface area contributed by atoms with Gasteiger partial charge in [0.05, 0.1) is 6.20 Å². The third kappa shape index (κ3) is 3.11. The maximum absolute atomic E-state index is 5.78. The first-order valence-corrected chi connectivity index (χ1v) is 6.16. The third-order valence-electron chi connectivity index (χ3n) is 2.76. The molecule has 1 unspecified atom stereocenters. The van der Waals surface area contributed by atoms with E-state index in [1.165, 1.54) is 0 Å². The van der Waals surface area contributed by atoms with Crippen molar-refractivity contribution in [1.82, 2.24) is 10.5 Å². The van der Waals surface area contributed by atoms with Crippen molar-refractivity contribution in [3.05, 3.63) is 47.9 Å². The summed E-state index contributed by atoms with van der Waals surface area (Å²) >= 11 is 0. The predicted molar refractivity (Wildman–Crippen MR) is 69.4 cm³/mol. The summed E-state index contributed by atoms with van der Waals surface area (Å²) in [5.41, 5.74) is 1.15. The molecular formula is C14H18N2O2. The van der Waals surface area contributed by atoms with E-state index in [2.05, 4.69) is 30.4 Å². The van der Waals surface area contributed by atoms with E-state index in [1.54, 1.807) is 12.3 Å². The van der Waals surface area contributed by atoms with E-state index in [1.807, 2.05) is 18.2 Å². The van der Waals surface area contributed by atoms with Crippen molar-refractivity contribution in [3.63, 3.8) is 0 Å². The summed E-state index contributed by atoms with van der Waals surface area (Å²) < 4.78 is 10.8. The molecule has 2 aromatic rings. The lowest BCUT2D eigenvalue weighted by Gasteiger charge is -2.17. The summed E-state index contributed by atoms with van der Waals surface area (Å²) in [7, 11) is 0. The molecular weight excluding hydrogens is 228 g/mol. The van der Waals surface area contributed by atoms with Gasteiger partial charge in [-0.3, -0.25) is 0 Å². The van der Waals surface area contributed by atoms with E-state index in [-0.39, 0.29) is 6.04 Å². The van der Waals surface area contributed by atoms with Gasteiger partial charge >= 0.3 is 0 Å². The highest BCUT2D eigenvalue weighted by Crippen LogP contribution is 2.25. The SMILES string of the molecule is CCNC(C)c1ccccc1OCc1ccno1. The molecule has 0 bridgehead atoms. The van der Waals surface area contributed by atoms with E-state index in [0.29, 0.717) is 6.61 Å². The van der Waals surface area contributed by atoms with Gasteiger partial charge < -0.3 is 14.6 Å². The molecule has 1 aromatic heterocycles. The van der Waals surface area contributed by atoms with Crippen LogP contribution in [0.3, 0.4) is 0 Å². The summed E-state index contributed by atoms with van der Waals surface area (Å²) in [5, 5.41) is 7.03. The van der Waals surface area contributed by atoms with Crippen LogP contribution >= 0.6 is 0 Å². The predicted octanol–water partition coefficient (Wildman–Crippen LogP) is 2.92. The molecule has 4 nitrogen and oxygen atoms in total. The monoisotopic (exact) mass is 246 g/mol. The van der Waals surface area contributed by atoms with Gasteiger partial charge in [-0.15, -0.1) is 0 Å². The Labute approximate surface area is 107 Å². The van der Waals surface area contributed by atoms with Gasteiger partial charge in [-0.25, -0.2) is 0 Å². The Balaban J connectivity index is 2.07. The van der Waals surface area contributed by atoms with Crippen molar-refractivity contribution in [1.29, 1.82) is 0 Å². The average molecular weight is 246 g/mol. The second-order valence-corrected chi connectivity index (χ2v) is 4.08. The van der Waals surface area contributed by atoms with Gasteiger partial charge in [0.1, 0.15) is 12.4 Å². The van der Waals surface area contributed by atoms with Crippen LogP contribution in [-0.4, -0.2) is 11.7 Å². The van der Waals surface area contributed by atoms with Gasteiger partial charge in [0.15, 0.2) is 5.76 Å². The Morgan fingerprint density at radius 1 is 1.33 bits per heavy atom. The molecule has 1 N–H and O–H groups in total. The molecule has 4 heteroatoms. The van der Waals surface area contributed by atoms with Crippen molar-refractivity contribution in [2.75, 3.05) is 6.54 Å². The molecule has 0 radical (unpaired) electrons. The van der Waals surface area contributed by atoms with Gasteiger partial charge in [0.25, 0.3) is 0 Å². The Morgan fingerprint density at radius 2 is 2.17 bits per heavy atom. The maximum atomic E-state index is 5.78. The summed E-state index contributed by atoms with van der Waals surface area (Å²) in [6.45, 7) is 5.54. The smallest absolute Gasteiger partial charge is 0.174 e. The molecule has 0 spiro atoms. The molecule has 0 amide bonds. The number of para-hydroxylation sites is 1. The molecule has 0 aliphatic carbocycles. The highest BCUT2D eigenvalue weighted by molar-refractivity contribution is 5.35. The zero-order chi connectivity index (χ0) is 12.8. The zero-order valence-electron chi connectivity index (χ0n) is 10.7. The van der Waals surface area contributed by atoms with Gasteiger partial charge in [-0.05, 0) is 19.5 Å². The molecule has 0 aliphatic heterocycles. The molecule has 0 aliphatic rings. The number of nitrogens with zero attached hydrogens (tertiary/aromatic N) is 1. The molecule has 2 rings (SSSR count). The first-order chi connectivity index (χ1) is 8.81. The summed E-state index contributed by atoms with van der Waals surface area (Å²) in [6.07, 6.45) is 1.62. The summed E-state index contributed by atoms with van der Waals surface area (Å²) in [6, 6.07) is 10.1. The Kier molecular flexibility index (Phi) is 4.36. The Bertz CT molecular complexity index is 468. The van der Waals surface area contributed by atoms with Gasteiger partial charge in [-0.2, -0.15) is 0 Å². The van der Waals surface area contributed by atoms with Crippen molar-refractivity contribution in [3.8, 4) is 5.75 Å². The van der Waals surface area contributed by atoms with E-state index in [0.717, 1.165) is 23.6 Å². The Hall–Kier alpha value is -1.81. The number of ether oxygens (including phenoxy) is 1. The van der Waals surface area contributed by atoms with Crippen molar-refractivity contribution in [2.45, 2.75) is 26.5 Å². The molecule has 1 atom stereocenters. The molecule has 96 valence electrons. The second-order valence-electron chi connectivity index (χ2n) is 4.08. The zero-order valence-corrected chi connectivity index (χ0v) is 10.7. The first-order valence-electron chi connectivity index (χ1n) is 6.16. The van der Waals surface area contributed by atoms with Crippen LogP contribution in [0.15, 0.2) is 41.1 Å². The number of hydrogen-bond acceptors (Lipinski definition) is 4. The van der Waals surface area contributed by atoms with Gasteiger partial charge in [0.2, 0.25) is 0 Å². The molecule has 18 heavy (non-hydrogen) atoms. The fourth-order valence-corrected chi connectivity index (χ4v) is 1.85. The number of nitrogens with one attached hydrogen (secondary N) is 1. The largest absolute Gasteiger partial charge is 0.485 e. The van der Waals surface area contributed by atoms with Gasteiger partial charge in [-0.1, -0.05) is 30.3 Å². The molecule has 1 aromatic carbocycles. The van der Waals surface area contributed by atoms with Crippen LogP contribution in [-0.2, 0) is 6.61 Å². The van der Waals surface area contributed by atoms with Crippen LogP contribution in [0.25, 0.3) is 0 Å². The lowest BCUT2D eigenvalue weighted by Crippen LogP contribution is -2.18. The van der Waals surface area contributed by atoms with Crippen LogP contribution in [0.1, 0.15) is 31.2 Å². The lowest BCUT2D eigenvalue weighted by molar-refractivity contribution is 0.246. The first kappa shape index (κ1) is 12.6. The van der Waals surface area contributed by atoms with Crippen LogP contribution in [0.4, 0.5) is 0 Å². The normalized spacial score (nSPS) is 12.3. The fourth-order valence-electron chi connectivity index (χ4n) is 1.85. The molecule has 1 heterocycles. The van der Waals surface area contributed by atoms with Crippen molar-refractivity contribution < 1.29 is 9.26 Å². The molecule has 0 saturated heterocycles. The molecule has 0 fully saturated rings. The number of hydrogen-bond donors (Lipinski definition) is 1. The minimum Gasteiger partial charge on any atom is -0.485 e. The number of benzene rings is 1. The van der Waals surface area contributed by atoms with E-state index >= 15 is 0 Å². The lowest BCUT2D eigenvalue weighted by atomic mass is 10.1. The third-order valence-corrected chi connectivity index (χ3v) is 2.76. The summed E-state index contributed by atoms with van der Waals surface area (Å²) in [4.78, 5) is 0.